The highest BCUT2D eigenvalue weighted by Gasteiger charge is 2.44. The van der Waals surface area contributed by atoms with E-state index in [-0.39, 0.29) is 23.3 Å². The topological polar surface area (TPSA) is 79.7 Å². The summed E-state index contributed by atoms with van der Waals surface area (Å²) < 4.78 is 5.66. The summed E-state index contributed by atoms with van der Waals surface area (Å²) >= 11 is 1.27. The Morgan fingerprint density at radius 2 is 1.73 bits per heavy atom. The van der Waals surface area contributed by atoms with E-state index in [2.05, 4.69) is 25.8 Å². The normalized spacial score (nSPS) is 15.5. The Bertz CT molecular complexity index is 1610. The number of Topliss-reactive ketones (excluding diaryl/α,β-unsaturated/α-hetero) is 1. The lowest BCUT2D eigenvalue weighted by molar-refractivity contribution is -0.130. The number of benzene rings is 3. The minimum atomic E-state index is -0.763. The zero-order valence-corrected chi connectivity index (χ0v) is 24.8. The fourth-order valence-corrected chi connectivity index (χ4v) is 6.12. The Kier molecular flexibility index (Phi) is 7.82. The Labute approximate surface area is 245 Å². The molecule has 0 bridgehead atoms. The average Bonchev–Trinajstić information content (AvgIpc) is 3.46. The smallest absolute Gasteiger partial charge is 0.290 e. The van der Waals surface area contributed by atoms with Crippen molar-refractivity contribution in [3.63, 3.8) is 0 Å². The van der Waals surface area contributed by atoms with Crippen molar-refractivity contribution >= 4 is 23.0 Å². The zero-order valence-electron chi connectivity index (χ0n) is 24.0. The van der Waals surface area contributed by atoms with Crippen LogP contribution in [-0.2, 0) is 16.8 Å². The van der Waals surface area contributed by atoms with Crippen LogP contribution in [0.4, 0.5) is 0 Å². The van der Waals surface area contributed by atoms with Gasteiger partial charge in [-0.2, -0.15) is 0 Å². The van der Waals surface area contributed by atoms with Crippen LogP contribution in [0.25, 0.3) is 10.6 Å². The van der Waals surface area contributed by atoms with Crippen molar-refractivity contribution < 1.29 is 19.4 Å². The highest BCUT2D eigenvalue weighted by Crippen LogP contribution is 2.42. The predicted octanol–water partition coefficient (Wildman–Crippen LogP) is 7.59. The lowest BCUT2D eigenvalue weighted by Crippen LogP contribution is -2.30. The summed E-state index contributed by atoms with van der Waals surface area (Å²) in [5.41, 5.74) is 4.21. The van der Waals surface area contributed by atoms with E-state index >= 15 is 0 Å². The third kappa shape index (κ3) is 5.68. The molecule has 2 heterocycles. The Balaban J connectivity index is 1.57. The highest BCUT2D eigenvalue weighted by molar-refractivity contribution is 7.17. The maximum Gasteiger partial charge on any atom is 0.290 e. The summed E-state index contributed by atoms with van der Waals surface area (Å²) in [6.45, 7) is 10.8. The number of nitrogens with zero attached hydrogens (tertiary/aromatic N) is 2. The largest absolute Gasteiger partial charge is 0.503 e. The number of aryl methyl sites for hydroxylation is 1. The van der Waals surface area contributed by atoms with E-state index in [9.17, 15) is 14.7 Å². The number of carbonyl (C=O) groups is 2. The van der Waals surface area contributed by atoms with Gasteiger partial charge in [0, 0.05) is 12.1 Å². The number of hydrogen-bond donors (Lipinski definition) is 1. The number of hydrogen-bond acceptors (Lipinski definition) is 6. The van der Waals surface area contributed by atoms with Gasteiger partial charge in [0.05, 0.1) is 28.8 Å². The van der Waals surface area contributed by atoms with Gasteiger partial charge in [-0.15, -0.1) is 11.3 Å². The number of aliphatic hydroxyl groups excluding tert-OH is 1. The lowest BCUT2D eigenvalue weighted by atomic mass is 9.85. The van der Waals surface area contributed by atoms with Crippen molar-refractivity contribution in [2.75, 3.05) is 6.61 Å². The van der Waals surface area contributed by atoms with Crippen LogP contribution < -0.4 is 4.74 Å². The fourth-order valence-electron chi connectivity index (χ4n) is 5.09. The number of carbonyl (C=O) groups excluding carboxylic acids is 2. The highest BCUT2D eigenvalue weighted by atomic mass is 32.1. The molecule has 1 aromatic heterocycles. The molecule has 3 aromatic carbocycles. The van der Waals surface area contributed by atoms with Gasteiger partial charge in [-0.1, -0.05) is 87.5 Å². The van der Waals surface area contributed by atoms with Crippen LogP contribution in [0.1, 0.15) is 65.8 Å². The van der Waals surface area contributed by atoms with Crippen molar-refractivity contribution in [1.29, 1.82) is 0 Å². The van der Waals surface area contributed by atoms with E-state index in [1.54, 1.807) is 11.8 Å². The van der Waals surface area contributed by atoms with Gasteiger partial charge in [0.25, 0.3) is 5.91 Å². The van der Waals surface area contributed by atoms with Crippen LogP contribution in [0.2, 0.25) is 0 Å². The van der Waals surface area contributed by atoms with Crippen LogP contribution in [0.15, 0.2) is 90.2 Å². The third-order valence-electron chi connectivity index (χ3n) is 7.23. The molecular weight excluding hydrogens is 532 g/mol. The first-order chi connectivity index (χ1) is 19.6. The van der Waals surface area contributed by atoms with Crippen molar-refractivity contribution in [2.45, 2.75) is 52.6 Å². The van der Waals surface area contributed by atoms with Gasteiger partial charge in [-0.25, -0.2) is 4.98 Å². The molecule has 210 valence electrons. The molecule has 0 saturated carbocycles. The lowest BCUT2D eigenvalue weighted by Gasteiger charge is -2.28. The molecule has 0 spiro atoms. The molecule has 41 heavy (non-hydrogen) atoms. The van der Waals surface area contributed by atoms with Gasteiger partial charge in [0.1, 0.15) is 10.8 Å². The molecule has 0 aliphatic carbocycles. The standard InChI is InChI=1S/C34H34N2O4S/c1-6-40-26-14-10-11-22(19-26)20-36-28(23-15-17-25(18-16-23)34(3,4)5)27(30(38)33(36)39)29(37)31-21(2)35-32(41-31)24-12-8-7-9-13-24/h7-19,28,38H,6,20H2,1-5H3. The van der Waals surface area contributed by atoms with Gasteiger partial charge in [0.15, 0.2) is 5.76 Å². The summed E-state index contributed by atoms with van der Waals surface area (Å²) in [6, 6.07) is 24.4. The minimum Gasteiger partial charge on any atom is -0.503 e. The predicted molar refractivity (Wildman–Crippen MR) is 162 cm³/mol. The quantitative estimate of drug-likeness (QED) is 0.222. The molecule has 6 nitrogen and oxygen atoms in total. The van der Waals surface area contributed by atoms with Crippen LogP contribution >= 0.6 is 11.3 Å². The van der Waals surface area contributed by atoms with Gasteiger partial charge in [0.2, 0.25) is 5.78 Å². The van der Waals surface area contributed by atoms with Gasteiger partial charge >= 0.3 is 0 Å². The number of ketones is 1. The molecule has 7 heteroatoms. The summed E-state index contributed by atoms with van der Waals surface area (Å²) in [7, 11) is 0. The Morgan fingerprint density at radius 3 is 2.39 bits per heavy atom. The molecule has 0 radical (unpaired) electrons. The number of amides is 1. The Morgan fingerprint density at radius 1 is 1.02 bits per heavy atom. The maximum atomic E-state index is 14.2. The fraction of sp³-hybridized carbons (Fsp3) is 0.265. The molecule has 0 fully saturated rings. The molecular formula is C34H34N2O4S. The monoisotopic (exact) mass is 566 g/mol. The van der Waals surface area contributed by atoms with Crippen molar-refractivity contribution in [3.05, 3.63) is 117 Å². The van der Waals surface area contributed by atoms with E-state index in [1.165, 1.54) is 11.3 Å². The van der Waals surface area contributed by atoms with Crippen molar-refractivity contribution in [1.82, 2.24) is 9.88 Å². The molecule has 1 aliphatic heterocycles. The molecule has 4 aromatic rings. The summed E-state index contributed by atoms with van der Waals surface area (Å²) in [5.74, 6) is -0.783. The van der Waals surface area contributed by atoms with Gasteiger partial charge in [-0.3, -0.25) is 9.59 Å². The second-order valence-electron chi connectivity index (χ2n) is 11.2. The molecule has 1 amide bonds. The molecule has 1 atom stereocenters. The van der Waals surface area contributed by atoms with E-state index < -0.39 is 17.7 Å². The van der Waals surface area contributed by atoms with Gasteiger partial charge in [-0.05, 0) is 48.1 Å². The number of thiazole rings is 1. The minimum absolute atomic E-state index is 0.0619. The average molecular weight is 567 g/mol. The van der Waals surface area contributed by atoms with E-state index in [4.69, 9.17) is 4.74 Å². The first-order valence-corrected chi connectivity index (χ1v) is 14.5. The number of aliphatic hydroxyl groups is 1. The SMILES string of the molecule is CCOc1cccc(CN2C(=O)C(O)=C(C(=O)c3sc(-c4ccccc4)nc3C)C2c2ccc(C(C)(C)C)cc2)c1. The number of rotatable bonds is 8. The van der Waals surface area contributed by atoms with Gasteiger partial charge < -0.3 is 14.7 Å². The third-order valence-corrected chi connectivity index (χ3v) is 8.43. The Hall–Kier alpha value is -4.23. The second-order valence-corrected chi connectivity index (χ2v) is 12.2. The van der Waals surface area contributed by atoms with E-state index in [1.807, 2.05) is 85.8 Å². The molecule has 1 aliphatic rings. The summed E-state index contributed by atoms with van der Waals surface area (Å²) in [4.78, 5) is 34.4. The van der Waals surface area contributed by atoms with Crippen molar-refractivity contribution in [3.8, 4) is 16.3 Å². The zero-order chi connectivity index (χ0) is 29.3. The van der Waals surface area contributed by atoms with Crippen LogP contribution in [0.5, 0.6) is 5.75 Å². The number of aromatic nitrogens is 1. The van der Waals surface area contributed by atoms with E-state index in [0.29, 0.717) is 27.9 Å². The van der Waals surface area contributed by atoms with Crippen LogP contribution in [0.3, 0.4) is 0 Å². The first kappa shape index (κ1) is 28.3. The number of ether oxygens (including phenoxy) is 1. The summed E-state index contributed by atoms with van der Waals surface area (Å²) in [6.07, 6.45) is 0. The molecule has 1 unspecified atom stereocenters. The summed E-state index contributed by atoms with van der Waals surface area (Å²) in [5, 5.41) is 11.9. The van der Waals surface area contributed by atoms with E-state index in [0.717, 1.165) is 22.3 Å². The molecule has 5 rings (SSSR count). The second kappa shape index (κ2) is 11.3. The first-order valence-electron chi connectivity index (χ1n) is 13.7. The van der Waals surface area contributed by atoms with Crippen LogP contribution in [0, 0.1) is 6.92 Å². The maximum absolute atomic E-state index is 14.2. The van der Waals surface area contributed by atoms with Crippen molar-refractivity contribution in [2.24, 2.45) is 0 Å². The molecule has 1 N–H and O–H groups in total. The molecule has 0 saturated heterocycles. The van der Waals surface area contributed by atoms with Crippen LogP contribution in [-0.4, -0.2) is 33.3 Å².